The smallest absolute Gasteiger partial charge is 1.00 e. The van der Waals surface area contributed by atoms with Crippen molar-refractivity contribution < 1.29 is 28.4 Å². The van der Waals surface area contributed by atoms with Crippen LogP contribution in [0.3, 0.4) is 0 Å². The Morgan fingerprint density at radius 3 is 2.00 bits per heavy atom. The maximum atomic E-state index is 2.39. The zero-order valence-electron chi connectivity index (χ0n) is 10.1. The van der Waals surface area contributed by atoms with Crippen LogP contribution in [0.5, 0.6) is 0 Å². The second-order valence-corrected chi connectivity index (χ2v) is 9.48. The van der Waals surface area contributed by atoms with Gasteiger partial charge >= 0.3 is 78.8 Å². The first kappa shape index (κ1) is 9.01. The van der Waals surface area contributed by atoms with Crippen molar-refractivity contribution in [3.8, 4) is 0 Å². The van der Waals surface area contributed by atoms with Crippen LogP contribution in [0.1, 0.15) is 32.0 Å². The molecule has 58 valence electrons. The summed E-state index contributed by atoms with van der Waals surface area (Å²) in [6.45, 7) is 9.29. The molecule has 0 aromatic rings. The predicted molar refractivity (Wildman–Crippen MR) is 50.2 cm³/mol. The summed E-state index contributed by atoms with van der Waals surface area (Å²) in [5.41, 5.74) is 4.18. The summed E-state index contributed by atoms with van der Waals surface area (Å²) < 4.78 is 0. The molecule has 10 heavy (non-hydrogen) atoms. The number of rotatable bonds is 0. The van der Waals surface area contributed by atoms with E-state index in [1.54, 1.807) is 40.6 Å². The van der Waals surface area contributed by atoms with E-state index in [2.05, 4.69) is 27.7 Å². The zero-order chi connectivity index (χ0) is 7.89. The summed E-state index contributed by atoms with van der Waals surface area (Å²) in [4.78, 5) is -0.0772. The minimum absolute atomic E-state index is 0. The molecule has 2 atom stereocenters. The van der Waals surface area contributed by atoms with Crippen LogP contribution in [0.4, 0.5) is 0 Å². The molecule has 0 fully saturated rings. The molecular formula is C8H17PZr. The first-order chi connectivity index (χ1) is 4.55. The van der Waals surface area contributed by atoms with Crippen molar-refractivity contribution in [2.75, 3.05) is 0 Å². The second kappa shape index (κ2) is 3.12. The van der Waals surface area contributed by atoms with Gasteiger partial charge in [0, 0.05) is 0 Å². The molecule has 2 heteroatoms. The summed E-state index contributed by atoms with van der Waals surface area (Å²) in [5.74, 6) is 0. The molecule has 0 nitrogen and oxygen atoms in total. The molecule has 1 aliphatic rings. The van der Waals surface area contributed by atoms with E-state index in [0.717, 1.165) is 5.66 Å². The van der Waals surface area contributed by atoms with E-state index in [1.165, 1.54) is 0 Å². The molecule has 0 aliphatic carbocycles. The Kier molecular flexibility index (Phi) is 2.81. The third kappa shape index (κ3) is 1.28. The summed E-state index contributed by atoms with van der Waals surface area (Å²) >= 11 is 1.77. The number of hydrogen-bond acceptors (Lipinski definition) is 0. The van der Waals surface area contributed by atoms with Crippen molar-refractivity contribution >= 4 is 10.1 Å². The average molecular weight is 235 g/mol. The molecule has 0 aromatic carbocycles. The monoisotopic (exact) mass is 234 g/mol. The van der Waals surface area contributed by atoms with Gasteiger partial charge in [-0.15, -0.1) is 0 Å². The largest absolute Gasteiger partial charge is 1.00 e. The Hall–Kier alpha value is 0.923. The average Bonchev–Trinajstić information content (AvgIpc) is 2.07. The molecule has 0 aromatic heterocycles. The summed E-state index contributed by atoms with van der Waals surface area (Å²) in [7, 11) is 0. The molecule has 0 bridgehead atoms. The second-order valence-electron chi connectivity index (χ2n) is 3.07. The van der Waals surface area contributed by atoms with Gasteiger partial charge in [0.15, 0.2) is 0 Å². The van der Waals surface area contributed by atoms with Crippen LogP contribution in [0.2, 0.25) is 0 Å². The summed E-state index contributed by atoms with van der Waals surface area (Å²) in [6, 6.07) is 0. The van der Waals surface area contributed by atoms with Crippen LogP contribution in [-0.4, -0.2) is 11.0 Å². The van der Waals surface area contributed by atoms with Crippen LogP contribution < -0.4 is 0 Å². The fraction of sp³-hybridized carbons (Fsp3) is 0.625. The van der Waals surface area contributed by atoms with Crippen molar-refractivity contribution in [2.24, 2.45) is 0 Å². The quantitative estimate of drug-likeness (QED) is 0.566. The molecule has 0 amide bonds. The van der Waals surface area contributed by atoms with Crippen LogP contribution in [0.25, 0.3) is 0 Å². The van der Waals surface area contributed by atoms with E-state index in [4.69, 9.17) is 0 Å². The molecule has 1 rings (SSSR count). The van der Waals surface area contributed by atoms with Crippen molar-refractivity contribution in [1.82, 2.24) is 0 Å². The SMILES string of the molecule is CC1=C(C)C(C)[PH]([Zr+3])=C1C.[H-].[H-].[H-]. The summed E-state index contributed by atoms with van der Waals surface area (Å²) in [5, 5.41) is 1.73. The van der Waals surface area contributed by atoms with Gasteiger partial charge in [0.2, 0.25) is 0 Å². The standard InChI is InChI=1S/C8H13P.Zr.3H/c1-5-6(2)8(4)9-7(5)3;;;;/h7H,1-4H3;;;;/q;+2;3*-1/p+1. The molecule has 0 radical (unpaired) electrons. The van der Waals surface area contributed by atoms with Gasteiger partial charge in [0.1, 0.15) is 0 Å². The maximum Gasteiger partial charge on any atom is -1.00 e. The Labute approximate surface area is 83.0 Å². The molecule has 0 saturated heterocycles. The molecule has 0 N–H and O–H groups in total. The van der Waals surface area contributed by atoms with Crippen molar-refractivity contribution in [3.05, 3.63) is 11.1 Å². The first-order valence-corrected chi connectivity index (χ1v) is 8.92. The molecular weight excluding hydrogens is 218 g/mol. The fourth-order valence-corrected chi connectivity index (χ4v) is 6.24. The van der Waals surface area contributed by atoms with E-state index in [0.29, 0.717) is 0 Å². The summed E-state index contributed by atoms with van der Waals surface area (Å²) in [6.07, 6.45) is 0. The van der Waals surface area contributed by atoms with E-state index < -0.39 is 0 Å². The maximum absolute atomic E-state index is 2.39. The normalized spacial score (nSPS) is 34.0. The van der Waals surface area contributed by atoms with Crippen LogP contribution in [0, 0.1) is 0 Å². The topological polar surface area (TPSA) is 0 Å². The molecule has 0 spiro atoms. The molecule has 1 aliphatic heterocycles. The van der Waals surface area contributed by atoms with Crippen LogP contribution >= 0.6 is 4.84 Å². The van der Waals surface area contributed by atoms with Gasteiger partial charge in [-0.25, -0.2) is 0 Å². The Morgan fingerprint density at radius 1 is 1.40 bits per heavy atom. The van der Waals surface area contributed by atoms with E-state index in [-0.39, 0.29) is 9.12 Å². The van der Waals surface area contributed by atoms with Crippen molar-refractivity contribution in [3.63, 3.8) is 0 Å². The number of allylic oxidation sites excluding steroid dienone is 2. The molecule has 1 heterocycles. The van der Waals surface area contributed by atoms with Gasteiger partial charge in [0.05, 0.1) is 0 Å². The van der Waals surface area contributed by atoms with Crippen LogP contribution in [0.15, 0.2) is 11.1 Å². The van der Waals surface area contributed by atoms with Crippen molar-refractivity contribution in [2.45, 2.75) is 33.4 Å². The predicted octanol–water partition coefficient (Wildman–Crippen LogP) is 2.93. The first-order valence-electron chi connectivity index (χ1n) is 3.65. The molecule has 0 saturated carbocycles. The van der Waals surface area contributed by atoms with Gasteiger partial charge in [0.25, 0.3) is 0 Å². The Morgan fingerprint density at radius 2 is 1.90 bits per heavy atom. The van der Waals surface area contributed by atoms with Gasteiger partial charge in [-0.05, 0) is 0 Å². The molecule has 2 unspecified atom stereocenters. The minimum atomic E-state index is -0.0772. The third-order valence-electron chi connectivity index (χ3n) is 2.64. The van der Waals surface area contributed by atoms with Crippen molar-refractivity contribution in [1.29, 1.82) is 0 Å². The van der Waals surface area contributed by atoms with Crippen LogP contribution in [-0.2, 0) is 24.1 Å². The van der Waals surface area contributed by atoms with E-state index in [1.807, 2.05) is 0 Å². The Balaban J connectivity index is -0.000000333. The van der Waals surface area contributed by atoms with Gasteiger partial charge < -0.3 is 4.28 Å². The van der Waals surface area contributed by atoms with Gasteiger partial charge in [-0.2, -0.15) is 0 Å². The Bertz CT molecular complexity index is 212. The third-order valence-corrected chi connectivity index (χ3v) is 11.1. The number of hydrogen-bond donors (Lipinski definition) is 0. The van der Waals surface area contributed by atoms with E-state index in [9.17, 15) is 0 Å². The minimum Gasteiger partial charge on any atom is -1.00 e. The van der Waals surface area contributed by atoms with Gasteiger partial charge in [-0.3, -0.25) is 0 Å². The van der Waals surface area contributed by atoms with E-state index >= 15 is 0 Å². The fourth-order valence-electron chi connectivity index (χ4n) is 1.36. The zero-order valence-corrected chi connectivity index (χ0v) is 10.5. The van der Waals surface area contributed by atoms with Gasteiger partial charge in [-0.1, -0.05) is 0 Å².